The second-order valence-corrected chi connectivity index (χ2v) is 5.69. The summed E-state index contributed by atoms with van der Waals surface area (Å²) in [7, 11) is 0. The van der Waals surface area contributed by atoms with Gasteiger partial charge in [-0.05, 0) is 30.7 Å². The lowest BCUT2D eigenvalue weighted by molar-refractivity contribution is -0.0497. The molecular formula is C15H16F2N2O2S. The Morgan fingerprint density at radius 2 is 2.05 bits per heavy atom. The summed E-state index contributed by atoms with van der Waals surface area (Å²) in [5, 5.41) is 5.29. The first-order valence-corrected chi connectivity index (χ1v) is 7.55. The van der Waals surface area contributed by atoms with Crippen molar-refractivity contribution in [2.24, 2.45) is 0 Å². The molecule has 0 aliphatic carbocycles. The van der Waals surface area contributed by atoms with Crippen molar-refractivity contribution in [2.45, 2.75) is 26.5 Å². The first-order valence-electron chi connectivity index (χ1n) is 6.74. The number of ether oxygens (including phenoxy) is 1. The Hall–Kier alpha value is -2.15. The number of halogens is 2. The summed E-state index contributed by atoms with van der Waals surface area (Å²) in [6.45, 7) is -0.399. The van der Waals surface area contributed by atoms with Gasteiger partial charge < -0.3 is 15.4 Å². The van der Waals surface area contributed by atoms with E-state index in [4.69, 9.17) is 0 Å². The third-order valence-corrected chi connectivity index (χ3v) is 4.04. The van der Waals surface area contributed by atoms with E-state index in [-0.39, 0.29) is 5.75 Å². The zero-order valence-corrected chi connectivity index (χ0v) is 12.8. The van der Waals surface area contributed by atoms with Crippen molar-refractivity contribution in [2.75, 3.05) is 5.32 Å². The molecule has 4 nitrogen and oxygen atoms in total. The van der Waals surface area contributed by atoms with E-state index >= 15 is 0 Å². The standard InChI is InChI=1S/C15H16F2N2O2S/c1-2-12-6-7-13(22-12)9-18-15(20)19-10-4-3-5-11(8-10)21-14(16)17/h3-8,14H,2,9H2,1H3,(H2,18,19,20). The van der Waals surface area contributed by atoms with Crippen LogP contribution in [0.5, 0.6) is 5.75 Å². The smallest absolute Gasteiger partial charge is 0.387 e. The van der Waals surface area contributed by atoms with E-state index in [9.17, 15) is 13.6 Å². The van der Waals surface area contributed by atoms with Gasteiger partial charge in [-0.2, -0.15) is 8.78 Å². The lowest BCUT2D eigenvalue weighted by Gasteiger charge is -2.09. The normalized spacial score (nSPS) is 10.5. The molecule has 7 heteroatoms. The van der Waals surface area contributed by atoms with Crippen molar-refractivity contribution in [3.05, 3.63) is 46.2 Å². The molecule has 22 heavy (non-hydrogen) atoms. The number of anilines is 1. The summed E-state index contributed by atoms with van der Waals surface area (Å²) < 4.78 is 28.5. The van der Waals surface area contributed by atoms with Gasteiger partial charge in [0.1, 0.15) is 5.75 Å². The van der Waals surface area contributed by atoms with E-state index in [2.05, 4.69) is 22.3 Å². The van der Waals surface area contributed by atoms with E-state index in [1.54, 1.807) is 17.4 Å². The number of carbonyl (C=O) groups excluding carboxylic acids is 1. The van der Waals surface area contributed by atoms with Crippen LogP contribution in [-0.2, 0) is 13.0 Å². The van der Waals surface area contributed by atoms with Gasteiger partial charge in [0.25, 0.3) is 0 Å². The Kier molecular flexibility index (Phi) is 5.71. The van der Waals surface area contributed by atoms with Gasteiger partial charge in [-0.15, -0.1) is 11.3 Å². The zero-order chi connectivity index (χ0) is 15.9. The third-order valence-electron chi connectivity index (χ3n) is 2.81. The topological polar surface area (TPSA) is 50.4 Å². The van der Waals surface area contributed by atoms with Crippen LogP contribution in [0.4, 0.5) is 19.3 Å². The fourth-order valence-electron chi connectivity index (χ4n) is 1.80. The van der Waals surface area contributed by atoms with Crippen LogP contribution >= 0.6 is 11.3 Å². The van der Waals surface area contributed by atoms with Gasteiger partial charge in [0.05, 0.1) is 6.54 Å². The van der Waals surface area contributed by atoms with Gasteiger partial charge in [0.15, 0.2) is 0 Å². The van der Waals surface area contributed by atoms with E-state index in [1.807, 2.05) is 12.1 Å². The Labute approximate surface area is 131 Å². The summed E-state index contributed by atoms with van der Waals surface area (Å²) in [6.07, 6.45) is 0.966. The molecule has 0 spiro atoms. The molecule has 2 rings (SSSR count). The Balaban J connectivity index is 1.86. The summed E-state index contributed by atoms with van der Waals surface area (Å²) in [5.74, 6) is -0.00126. The summed E-state index contributed by atoms with van der Waals surface area (Å²) in [6, 6.07) is 9.46. The number of benzene rings is 1. The van der Waals surface area contributed by atoms with Crippen LogP contribution in [0.25, 0.3) is 0 Å². The number of hydrogen-bond donors (Lipinski definition) is 2. The number of thiophene rings is 1. The molecule has 0 fully saturated rings. The predicted octanol–water partition coefficient (Wildman–Crippen LogP) is 4.23. The highest BCUT2D eigenvalue weighted by molar-refractivity contribution is 7.11. The highest BCUT2D eigenvalue weighted by atomic mass is 32.1. The monoisotopic (exact) mass is 326 g/mol. The Morgan fingerprint density at radius 3 is 2.73 bits per heavy atom. The van der Waals surface area contributed by atoms with Crippen LogP contribution < -0.4 is 15.4 Å². The van der Waals surface area contributed by atoms with Crippen LogP contribution in [0.15, 0.2) is 36.4 Å². The average molecular weight is 326 g/mol. The second kappa shape index (κ2) is 7.74. The highest BCUT2D eigenvalue weighted by Gasteiger charge is 2.07. The van der Waals surface area contributed by atoms with Gasteiger partial charge in [-0.25, -0.2) is 4.79 Å². The minimum absolute atomic E-state index is 0.00126. The molecule has 1 aromatic carbocycles. The molecule has 0 aliphatic rings. The third kappa shape index (κ3) is 5.00. The first-order chi connectivity index (χ1) is 10.6. The number of carbonyl (C=O) groups is 1. The molecule has 118 valence electrons. The maximum Gasteiger partial charge on any atom is 0.387 e. The SMILES string of the molecule is CCc1ccc(CNC(=O)Nc2cccc(OC(F)F)c2)s1. The molecule has 1 heterocycles. The molecule has 0 unspecified atom stereocenters. The number of hydrogen-bond acceptors (Lipinski definition) is 3. The minimum atomic E-state index is -2.89. The average Bonchev–Trinajstić information content (AvgIpc) is 2.93. The van der Waals surface area contributed by atoms with Gasteiger partial charge in [0.2, 0.25) is 0 Å². The summed E-state index contributed by atoms with van der Waals surface area (Å²) >= 11 is 1.64. The predicted molar refractivity (Wildman–Crippen MR) is 82.6 cm³/mol. The van der Waals surface area contributed by atoms with Crippen molar-refractivity contribution in [3.63, 3.8) is 0 Å². The second-order valence-electron chi connectivity index (χ2n) is 4.44. The largest absolute Gasteiger partial charge is 0.435 e. The van der Waals surface area contributed by atoms with E-state index in [1.165, 1.54) is 23.1 Å². The number of amides is 2. The summed E-state index contributed by atoms with van der Waals surface area (Å²) in [5.41, 5.74) is 0.385. The maximum absolute atomic E-state index is 12.1. The molecule has 0 aliphatic heterocycles. The molecule has 0 bridgehead atoms. The number of urea groups is 1. The highest BCUT2D eigenvalue weighted by Crippen LogP contribution is 2.19. The molecule has 1 aromatic heterocycles. The minimum Gasteiger partial charge on any atom is -0.435 e. The number of nitrogens with one attached hydrogen (secondary N) is 2. The molecule has 0 saturated carbocycles. The molecule has 2 amide bonds. The van der Waals surface area contributed by atoms with Crippen LogP contribution in [0.1, 0.15) is 16.7 Å². The molecule has 0 radical (unpaired) electrons. The van der Waals surface area contributed by atoms with Crippen LogP contribution in [0.3, 0.4) is 0 Å². The number of alkyl halides is 2. The Morgan fingerprint density at radius 1 is 1.27 bits per heavy atom. The maximum atomic E-state index is 12.1. The quantitative estimate of drug-likeness (QED) is 0.834. The van der Waals surface area contributed by atoms with Crippen LogP contribution in [-0.4, -0.2) is 12.6 Å². The van der Waals surface area contributed by atoms with Gasteiger partial charge in [-0.3, -0.25) is 0 Å². The Bertz CT molecular complexity index is 632. The number of rotatable bonds is 6. The lowest BCUT2D eigenvalue weighted by atomic mass is 10.3. The van der Waals surface area contributed by atoms with E-state index in [0.29, 0.717) is 12.2 Å². The molecule has 0 saturated heterocycles. The van der Waals surface area contributed by atoms with Gasteiger partial charge in [0, 0.05) is 21.5 Å². The van der Waals surface area contributed by atoms with E-state index in [0.717, 1.165) is 11.3 Å². The van der Waals surface area contributed by atoms with Crippen molar-refractivity contribution in [1.82, 2.24) is 5.32 Å². The van der Waals surface area contributed by atoms with Crippen molar-refractivity contribution >= 4 is 23.1 Å². The van der Waals surface area contributed by atoms with Crippen molar-refractivity contribution < 1.29 is 18.3 Å². The fraction of sp³-hybridized carbons (Fsp3) is 0.267. The van der Waals surface area contributed by atoms with Gasteiger partial charge >= 0.3 is 12.6 Å². The van der Waals surface area contributed by atoms with Crippen LogP contribution in [0, 0.1) is 0 Å². The zero-order valence-electron chi connectivity index (χ0n) is 11.9. The van der Waals surface area contributed by atoms with Crippen molar-refractivity contribution in [3.8, 4) is 5.75 Å². The lowest BCUT2D eigenvalue weighted by Crippen LogP contribution is -2.27. The molecule has 2 N–H and O–H groups in total. The number of aryl methyl sites for hydroxylation is 1. The first kappa shape index (κ1) is 16.2. The molecular weight excluding hydrogens is 310 g/mol. The fourth-order valence-corrected chi connectivity index (χ4v) is 2.70. The van der Waals surface area contributed by atoms with Gasteiger partial charge in [-0.1, -0.05) is 13.0 Å². The molecule has 2 aromatic rings. The van der Waals surface area contributed by atoms with E-state index < -0.39 is 12.6 Å². The molecule has 0 atom stereocenters. The van der Waals surface area contributed by atoms with Crippen molar-refractivity contribution in [1.29, 1.82) is 0 Å². The van der Waals surface area contributed by atoms with Crippen LogP contribution in [0.2, 0.25) is 0 Å². The summed E-state index contributed by atoms with van der Waals surface area (Å²) in [4.78, 5) is 14.1.